The Morgan fingerprint density at radius 1 is 1.45 bits per heavy atom. The van der Waals surface area contributed by atoms with Crippen molar-refractivity contribution in [2.45, 2.75) is 13.0 Å². The van der Waals surface area contributed by atoms with Gasteiger partial charge in [0.15, 0.2) is 0 Å². The third-order valence-corrected chi connectivity index (χ3v) is 3.49. The highest BCUT2D eigenvalue weighted by molar-refractivity contribution is 5.95. The molecule has 3 N–H and O–H groups in total. The first-order chi connectivity index (χ1) is 10.5. The summed E-state index contributed by atoms with van der Waals surface area (Å²) in [5.74, 6) is -0.278. The number of amides is 1. The fourth-order valence-corrected chi connectivity index (χ4v) is 2.58. The number of fused-ring (bicyclic) bond motifs is 1. The van der Waals surface area contributed by atoms with Crippen LogP contribution in [0, 0.1) is 10.1 Å². The molecule has 0 spiro atoms. The van der Waals surface area contributed by atoms with E-state index in [0.717, 1.165) is 0 Å². The lowest BCUT2D eigenvalue weighted by Crippen LogP contribution is -2.32. The Kier molecular flexibility index (Phi) is 3.09. The summed E-state index contributed by atoms with van der Waals surface area (Å²) in [4.78, 5) is 26.7. The largest absolute Gasteiger partial charge is 0.366 e. The number of hydrogen-bond donors (Lipinski definition) is 2. The molecule has 0 saturated heterocycles. The Hall–Kier alpha value is -3.23. The van der Waals surface area contributed by atoms with Crippen molar-refractivity contribution in [3.8, 4) is 0 Å². The highest BCUT2D eigenvalue weighted by Gasteiger charge is 2.35. The van der Waals surface area contributed by atoms with E-state index in [2.05, 4.69) is 15.4 Å². The molecule has 0 aliphatic carbocycles. The number of nitrogens with zero attached hydrogens (tertiary/aromatic N) is 4. The molecule has 3 rings (SSSR count). The number of hydrogen-bond acceptors (Lipinski definition) is 6. The second-order valence-corrected chi connectivity index (χ2v) is 4.77. The second-order valence-electron chi connectivity index (χ2n) is 4.77. The van der Waals surface area contributed by atoms with Gasteiger partial charge in [0, 0.05) is 11.8 Å². The number of benzene rings is 1. The van der Waals surface area contributed by atoms with Gasteiger partial charge >= 0.3 is 0 Å². The van der Waals surface area contributed by atoms with E-state index in [1.165, 1.54) is 17.1 Å². The summed E-state index contributed by atoms with van der Waals surface area (Å²) in [6, 6.07) is 5.39. The maximum Gasteiger partial charge on any atom is 0.275 e. The first kappa shape index (κ1) is 13.7. The maximum absolute atomic E-state index is 11.9. The number of nitro benzene ring substituents is 1. The number of allylic oxidation sites excluding steroid dienone is 1. The quantitative estimate of drug-likeness (QED) is 0.641. The van der Waals surface area contributed by atoms with Gasteiger partial charge in [0.1, 0.15) is 12.4 Å². The molecule has 1 aromatic carbocycles. The maximum atomic E-state index is 11.9. The van der Waals surface area contributed by atoms with Crippen LogP contribution in [-0.2, 0) is 4.79 Å². The number of para-hydroxylation sites is 1. The number of carbonyl (C=O) groups excluding carboxylic acids is 1. The minimum atomic E-state index is -0.794. The first-order valence-electron chi connectivity index (χ1n) is 6.41. The average molecular weight is 300 g/mol. The molecule has 112 valence electrons. The molecular formula is C13H12N6O3. The third-order valence-electron chi connectivity index (χ3n) is 3.49. The molecule has 22 heavy (non-hydrogen) atoms. The summed E-state index contributed by atoms with van der Waals surface area (Å²) in [5, 5.41) is 18.3. The number of nitro groups is 1. The van der Waals surface area contributed by atoms with Crippen molar-refractivity contribution >= 4 is 17.5 Å². The molecule has 9 nitrogen and oxygen atoms in total. The molecule has 0 unspecified atom stereocenters. The Morgan fingerprint density at radius 2 is 2.18 bits per heavy atom. The smallest absolute Gasteiger partial charge is 0.275 e. The van der Waals surface area contributed by atoms with E-state index in [1.807, 2.05) is 0 Å². The van der Waals surface area contributed by atoms with Crippen LogP contribution < -0.4 is 11.1 Å². The Bertz CT molecular complexity index is 810. The van der Waals surface area contributed by atoms with Crippen molar-refractivity contribution in [1.29, 1.82) is 0 Å². The van der Waals surface area contributed by atoms with Gasteiger partial charge < -0.3 is 11.1 Å². The summed E-state index contributed by atoms with van der Waals surface area (Å²) in [6.45, 7) is 1.67. The summed E-state index contributed by atoms with van der Waals surface area (Å²) < 4.78 is 1.41. The minimum Gasteiger partial charge on any atom is -0.366 e. The topological polar surface area (TPSA) is 129 Å². The van der Waals surface area contributed by atoms with Crippen LogP contribution in [0.3, 0.4) is 0 Å². The normalized spacial score (nSPS) is 16.9. The molecular weight excluding hydrogens is 288 g/mol. The van der Waals surface area contributed by atoms with Crippen LogP contribution in [0.5, 0.6) is 0 Å². The monoisotopic (exact) mass is 300 g/mol. The van der Waals surface area contributed by atoms with Crippen LogP contribution >= 0.6 is 0 Å². The van der Waals surface area contributed by atoms with Crippen molar-refractivity contribution in [2.75, 3.05) is 5.32 Å². The van der Waals surface area contributed by atoms with Gasteiger partial charge in [0.05, 0.1) is 16.1 Å². The minimum absolute atomic E-state index is 0.109. The first-order valence-corrected chi connectivity index (χ1v) is 6.41. The van der Waals surface area contributed by atoms with Crippen LogP contribution in [0.25, 0.3) is 0 Å². The van der Waals surface area contributed by atoms with E-state index in [9.17, 15) is 14.9 Å². The van der Waals surface area contributed by atoms with Gasteiger partial charge in [-0.1, -0.05) is 12.1 Å². The lowest BCUT2D eigenvalue weighted by molar-refractivity contribution is -0.385. The number of nitrogens with two attached hydrogens (primary N) is 1. The molecule has 2 heterocycles. The Morgan fingerprint density at radius 3 is 2.86 bits per heavy atom. The van der Waals surface area contributed by atoms with Crippen LogP contribution in [-0.4, -0.2) is 25.6 Å². The fraction of sp³-hybridized carbons (Fsp3) is 0.154. The van der Waals surface area contributed by atoms with Gasteiger partial charge in [-0.3, -0.25) is 14.9 Å². The molecule has 9 heteroatoms. The van der Waals surface area contributed by atoms with E-state index in [4.69, 9.17) is 5.73 Å². The van der Waals surface area contributed by atoms with Crippen molar-refractivity contribution in [3.05, 3.63) is 57.5 Å². The molecule has 0 bridgehead atoms. The number of primary amides is 1. The highest BCUT2D eigenvalue weighted by Crippen LogP contribution is 2.37. The van der Waals surface area contributed by atoms with E-state index in [0.29, 0.717) is 17.2 Å². The van der Waals surface area contributed by atoms with Crippen LogP contribution in [0.4, 0.5) is 11.6 Å². The molecule has 0 radical (unpaired) electrons. The van der Waals surface area contributed by atoms with Gasteiger partial charge in [0.2, 0.25) is 11.9 Å². The molecule has 0 fully saturated rings. The lowest BCUT2D eigenvalue weighted by Gasteiger charge is -2.27. The summed E-state index contributed by atoms with van der Waals surface area (Å²) in [7, 11) is 0. The fourth-order valence-electron chi connectivity index (χ4n) is 2.58. The summed E-state index contributed by atoms with van der Waals surface area (Å²) >= 11 is 0. The predicted octanol–water partition coefficient (Wildman–Crippen LogP) is 0.961. The van der Waals surface area contributed by atoms with Crippen molar-refractivity contribution < 1.29 is 9.72 Å². The molecule has 1 aromatic heterocycles. The van der Waals surface area contributed by atoms with Gasteiger partial charge in [-0.05, 0) is 13.0 Å². The number of carbonyl (C=O) groups is 1. The predicted molar refractivity (Wildman–Crippen MR) is 76.8 cm³/mol. The molecule has 1 aliphatic heterocycles. The Balaban J connectivity index is 2.28. The SMILES string of the molecule is CC1=C(C(N)=O)[C@@H](c2ccccc2[N+](=O)[O-])n2ncnc2N1. The van der Waals surface area contributed by atoms with Crippen molar-refractivity contribution in [1.82, 2.24) is 14.8 Å². The highest BCUT2D eigenvalue weighted by atomic mass is 16.6. The number of aromatic nitrogens is 3. The third kappa shape index (κ3) is 1.99. The summed E-state index contributed by atoms with van der Waals surface area (Å²) in [5.41, 5.74) is 6.40. The van der Waals surface area contributed by atoms with Gasteiger partial charge in [0.25, 0.3) is 5.69 Å². The van der Waals surface area contributed by atoms with Crippen molar-refractivity contribution in [3.63, 3.8) is 0 Å². The van der Waals surface area contributed by atoms with E-state index in [1.54, 1.807) is 25.1 Å². The number of anilines is 1. The zero-order valence-electron chi connectivity index (χ0n) is 11.6. The van der Waals surface area contributed by atoms with Crippen molar-refractivity contribution in [2.24, 2.45) is 5.73 Å². The molecule has 1 atom stereocenters. The Labute approximate surface area is 124 Å². The van der Waals surface area contributed by atoms with Gasteiger partial charge in [-0.2, -0.15) is 10.1 Å². The number of rotatable bonds is 3. The van der Waals surface area contributed by atoms with E-state index >= 15 is 0 Å². The summed E-state index contributed by atoms with van der Waals surface area (Å²) in [6.07, 6.45) is 1.31. The molecule has 0 saturated carbocycles. The van der Waals surface area contributed by atoms with Gasteiger partial charge in [-0.15, -0.1) is 0 Å². The molecule has 1 aliphatic rings. The standard InChI is InChI=1S/C13H12N6O3/c1-7-10(12(14)20)11(18-13(17-7)15-6-16-18)8-4-2-3-5-9(8)19(21)22/h2-6,11H,1H3,(H2,14,20)(H,15,16,17)/t11-/m1/s1. The second kappa shape index (κ2) is 4.95. The van der Waals surface area contributed by atoms with Gasteiger partial charge in [-0.25, -0.2) is 4.68 Å². The number of nitrogens with one attached hydrogen (secondary N) is 1. The molecule has 2 aromatic rings. The zero-order valence-corrected chi connectivity index (χ0v) is 11.6. The zero-order chi connectivity index (χ0) is 15.9. The van der Waals surface area contributed by atoms with Crippen LogP contribution in [0.15, 0.2) is 41.9 Å². The van der Waals surface area contributed by atoms with E-state index in [-0.39, 0.29) is 11.3 Å². The van der Waals surface area contributed by atoms with Crippen LogP contribution in [0.2, 0.25) is 0 Å². The van der Waals surface area contributed by atoms with E-state index < -0.39 is 16.9 Å². The molecule has 1 amide bonds. The van der Waals surface area contributed by atoms with Crippen LogP contribution in [0.1, 0.15) is 18.5 Å². The lowest BCUT2D eigenvalue weighted by atomic mass is 9.94. The average Bonchev–Trinajstić information content (AvgIpc) is 2.93.